The van der Waals surface area contributed by atoms with Crippen molar-refractivity contribution >= 4 is 29.0 Å². The van der Waals surface area contributed by atoms with Crippen molar-refractivity contribution in [2.24, 2.45) is 0 Å². The largest absolute Gasteiger partial charge is 0.478 e. The fourth-order valence-corrected chi connectivity index (χ4v) is 2.46. The molecule has 0 saturated heterocycles. The normalized spacial score (nSPS) is 10.1. The molecule has 0 saturated carbocycles. The van der Waals surface area contributed by atoms with Gasteiger partial charge in [0, 0.05) is 16.8 Å². The van der Waals surface area contributed by atoms with Crippen LogP contribution in [0.4, 0.5) is 10.5 Å². The number of anilines is 1. The van der Waals surface area contributed by atoms with Gasteiger partial charge in [-0.05, 0) is 24.6 Å². The highest BCUT2D eigenvalue weighted by molar-refractivity contribution is 7.11. The molecule has 6 nitrogen and oxygen atoms in total. The van der Waals surface area contributed by atoms with Crippen molar-refractivity contribution in [2.75, 3.05) is 5.32 Å². The molecule has 0 aliphatic heterocycles. The minimum Gasteiger partial charge on any atom is -0.478 e. The number of carboxylic acids is 1. The number of aromatic carboxylic acids is 1. The molecule has 7 heteroatoms. The van der Waals surface area contributed by atoms with Crippen LogP contribution in [-0.4, -0.2) is 22.1 Å². The number of carbonyl (C=O) groups excluding carboxylic acids is 1. The highest BCUT2D eigenvalue weighted by Crippen LogP contribution is 2.13. The molecular formula is C14H15N3O3S. The molecule has 0 bridgehead atoms. The van der Waals surface area contributed by atoms with E-state index >= 15 is 0 Å². The third-order valence-electron chi connectivity index (χ3n) is 2.72. The van der Waals surface area contributed by atoms with Gasteiger partial charge in [-0.25, -0.2) is 14.6 Å². The lowest BCUT2D eigenvalue weighted by Gasteiger charge is -2.07. The molecule has 110 valence electrons. The SMILES string of the molecule is CCc1cnc(CNC(=O)Nc2cccc(C(=O)O)c2)s1. The van der Waals surface area contributed by atoms with Gasteiger partial charge in [-0.3, -0.25) is 0 Å². The van der Waals surface area contributed by atoms with Crippen LogP contribution in [0, 0.1) is 0 Å². The number of nitrogens with zero attached hydrogens (tertiary/aromatic N) is 1. The average Bonchev–Trinajstić information content (AvgIpc) is 2.93. The van der Waals surface area contributed by atoms with Gasteiger partial charge < -0.3 is 15.7 Å². The fourth-order valence-electron chi connectivity index (χ4n) is 1.65. The summed E-state index contributed by atoms with van der Waals surface area (Å²) in [5.74, 6) is -1.03. The summed E-state index contributed by atoms with van der Waals surface area (Å²) in [6, 6.07) is 5.68. The standard InChI is InChI=1S/C14H15N3O3S/c1-2-11-7-15-12(21-11)8-16-14(20)17-10-5-3-4-9(6-10)13(18)19/h3-7H,2,8H2,1H3,(H,18,19)(H2,16,17,20). The molecule has 1 aromatic heterocycles. The number of thiazole rings is 1. The number of carbonyl (C=O) groups is 2. The van der Waals surface area contributed by atoms with E-state index in [1.165, 1.54) is 17.0 Å². The number of carboxylic acid groups (broad SMARTS) is 1. The number of urea groups is 1. The number of rotatable bonds is 5. The zero-order chi connectivity index (χ0) is 15.2. The van der Waals surface area contributed by atoms with Gasteiger partial charge in [0.05, 0.1) is 12.1 Å². The zero-order valence-electron chi connectivity index (χ0n) is 11.4. The van der Waals surface area contributed by atoms with Gasteiger partial charge in [0.1, 0.15) is 5.01 Å². The van der Waals surface area contributed by atoms with E-state index in [-0.39, 0.29) is 5.56 Å². The summed E-state index contributed by atoms with van der Waals surface area (Å²) in [5.41, 5.74) is 0.557. The Hall–Kier alpha value is -2.41. The maximum atomic E-state index is 11.8. The first-order valence-electron chi connectivity index (χ1n) is 6.40. The number of aryl methyl sites for hydroxylation is 1. The first-order chi connectivity index (χ1) is 10.1. The summed E-state index contributed by atoms with van der Waals surface area (Å²) in [7, 11) is 0. The minimum absolute atomic E-state index is 0.125. The van der Waals surface area contributed by atoms with E-state index in [9.17, 15) is 9.59 Å². The predicted molar refractivity (Wildman–Crippen MR) is 80.8 cm³/mol. The highest BCUT2D eigenvalue weighted by atomic mass is 32.1. The van der Waals surface area contributed by atoms with E-state index in [0.29, 0.717) is 12.2 Å². The summed E-state index contributed by atoms with van der Waals surface area (Å²) in [6.07, 6.45) is 2.72. The number of benzene rings is 1. The van der Waals surface area contributed by atoms with E-state index in [2.05, 4.69) is 15.6 Å². The van der Waals surface area contributed by atoms with Crippen LogP contribution in [0.2, 0.25) is 0 Å². The van der Waals surface area contributed by atoms with Gasteiger partial charge in [-0.2, -0.15) is 0 Å². The van der Waals surface area contributed by atoms with Crippen LogP contribution < -0.4 is 10.6 Å². The summed E-state index contributed by atoms with van der Waals surface area (Å²) >= 11 is 1.56. The van der Waals surface area contributed by atoms with Gasteiger partial charge in [0.25, 0.3) is 0 Å². The number of hydrogen-bond donors (Lipinski definition) is 3. The van der Waals surface area contributed by atoms with Crippen molar-refractivity contribution in [1.82, 2.24) is 10.3 Å². The van der Waals surface area contributed by atoms with Crippen LogP contribution in [0.25, 0.3) is 0 Å². The third-order valence-corrected chi connectivity index (χ3v) is 3.86. The molecule has 0 radical (unpaired) electrons. The van der Waals surface area contributed by atoms with Gasteiger partial charge >= 0.3 is 12.0 Å². The Balaban J connectivity index is 1.89. The second-order valence-corrected chi connectivity index (χ2v) is 5.47. The van der Waals surface area contributed by atoms with Crippen LogP contribution in [0.5, 0.6) is 0 Å². The van der Waals surface area contributed by atoms with E-state index in [4.69, 9.17) is 5.11 Å². The van der Waals surface area contributed by atoms with Crippen LogP contribution in [-0.2, 0) is 13.0 Å². The summed E-state index contributed by atoms with van der Waals surface area (Å²) in [4.78, 5) is 28.0. The Morgan fingerprint density at radius 2 is 2.19 bits per heavy atom. The Bertz CT molecular complexity index is 654. The Kier molecular flexibility index (Phi) is 4.89. The van der Waals surface area contributed by atoms with Crippen molar-refractivity contribution in [3.8, 4) is 0 Å². The Labute approximate surface area is 125 Å². The molecule has 0 spiro atoms. The van der Waals surface area contributed by atoms with Gasteiger partial charge in [0.15, 0.2) is 0 Å². The molecule has 2 amide bonds. The molecule has 1 aromatic carbocycles. The van der Waals surface area contributed by atoms with Gasteiger partial charge in [-0.15, -0.1) is 11.3 Å². The van der Waals surface area contributed by atoms with Crippen molar-refractivity contribution in [2.45, 2.75) is 19.9 Å². The molecule has 0 aliphatic carbocycles. The van der Waals surface area contributed by atoms with Crippen molar-refractivity contribution in [1.29, 1.82) is 0 Å². The van der Waals surface area contributed by atoms with Crippen molar-refractivity contribution in [3.63, 3.8) is 0 Å². The van der Waals surface area contributed by atoms with Crippen LogP contribution in [0.3, 0.4) is 0 Å². The third kappa shape index (κ3) is 4.28. The van der Waals surface area contributed by atoms with E-state index in [0.717, 1.165) is 11.4 Å². The fraction of sp³-hybridized carbons (Fsp3) is 0.214. The first kappa shape index (κ1) is 15.0. The maximum Gasteiger partial charge on any atom is 0.335 e. The molecular weight excluding hydrogens is 290 g/mol. The van der Waals surface area contributed by atoms with Crippen LogP contribution in [0.15, 0.2) is 30.5 Å². The first-order valence-corrected chi connectivity index (χ1v) is 7.22. The molecule has 2 rings (SSSR count). The second kappa shape index (κ2) is 6.85. The lowest BCUT2D eigenvalue weighted by Crippen LogP contribution is -2.28. The van der Waals surface area contributed by atoms with E-state index in [1.807, 2.05) is 6.92 Å². The second-order valence-electron chi connectivity index (χ2n) is 4.27. The van der Waals surface area contributed by atoms with Crippen LogP contribution >= 0.6 is 11.3 Å². The monoisotopic (exact) mass is 305 g/mol. The lowest BCUT2D eigenvalue weighted by atomic mass is 10.2. The molecule has 2 aromatic rings. The van der Waals surface area contributed by atoms with Crippen LogP contribution in [0.1, 0.15) is 27.2 Å². The van der Waals surface area contributed by atoms with E-state index < -0.39 is 12.0 Å². The van der Waals surface area contributed by atoms with Gasteiger partial charge in [0.2, 0.25) is 0 Å². The quantitative estimate of drug-likeness (QED) is 0.792. The summed E-state index contributed by atoms with van der Waals surface area (Å²) in [6.45, 7) is 2.39. The number of nitrogens with one attached hydrogen (secondary N) is 2. The molecule has 0 atom stereocenters. The Morgan fingerprint density at radius 3 is 2.86 bits per heavy atom. The molecule has 21 heavy (non-hydrogen) atoms. The molecule has 3 N–H and O–H groups in total. The highest BCUT2D eigenvalue weighted by Gasteiger charge is 2.07. The van der Waals surface area contributed by atoms with Crippen molar-refractivity contribution < 1.29 is 14.7 Å². The molecule has 0 aliphatic rings. The summed E-state index contributed by atoms with van der Waals surface area (Å²) < 4.78 is 0. The maximum absolute atomic E-state index is 11.8. The smallest absolute Gasteiger partial charge is 0.335 e. The Morgan fingerprint density at radius 1 is 1.38 bits per heavy atom. The zero-order valence-corrected chi connectivity index (χ0v) is 12.2. The van der Waals surface area contributed by atoms with E-state index in [1.54, 1.807) is 29.7 Å². The lowest BCUT2D eigenvalue weighted by molar-refractivity contribution is 0.0697. The topological polar surface area (TPSA) is 91.3 Å². The number of amides is 2. The van der Waals surface area contributed by atoms with Crippen molar-refractivity contribution in [3.05, 3.63) is 45.9 Å². The average molecular weight is 305 g/mol. The summed E-state index contributed by atoms with van der Waals surface area (Å²) in [5, 5.41) is 15.0. The number of hydrogen-bond acceptors (Lipinski definition) is 4. The molecule has 0 fully saturated rings. The number of aromatic nitrogens is 1. The predicted octanol–water partition coefficient (Wildman–Crippen LogP) is 2.73. The molecule has 1 heterocycles. The minimum atomic E-state index is -1.03. The molecule has 0 unspecified atom stereocenters. The van der Waals surface area contributed by atoms with Gasteiger partial charge in [-0.1, -0.05) is 13.0 Å².